The molecule has 0 aromatic rings. The summed E-state index contributed by atoms with van der Waals surface area (Å²) in [6, 6.07) is 0. The fourth-order valence-corrected chi connectivity index (χ4v) is 8.24. The molecule has 0 spiro atoms. The van der Waals surface area contributed by atoms with Gasteiger partial charge in [0.05, 0.1) is 24.7 Å². The summed E-state index contributed by atoms with van der Waals surface area (Å²) >= 11 is 0. The number of carbonyl (C=O) groups excluding carboxylic acids is 1. The number of rotatable bonds is 7. The second-order valence-corrected chi connectivity index (χ2v) is 24.4. The number of aliphatic hydroxyl groups is 1. The molecule has 1 saturated heterocycles. The van der Waals surface area contributed by atoms with Crippen LogP contribution in [0.5, 0.6) is 0 Å². The zero-order valence-electron chi connectivity index (χ0n) is 25.4. The number of fused-ring (bicyclic) bond motifs is 1. The number of cyclic esters (lactones) is 1. The van der Waals surface area contributed by atoms with E-state index >= 15 is 0 Å². The molecule has 0 saturated carbocycles. The molecule has 2 aliphatic carbocycles. The Balaban J connectivity index is 1.67. The van der Waals surface area contributed by atoms with Crippen molar-refractivity contribution < 1.29 is 23.5 Å². The molecule has 0 amide bonds. The van der Waals surface area contributed by atoms with E-state index in [0.29, 0.717) is 24.7 Å². The molecule has 0 radical (unpaired) electrons. The van der Waals surface area contributed by atoms with Crippen LogP contribution in [0, 0.1) is 17.8 Å². The molecule has 3 rings (SSSR count). The van der Waals surface area contributed by atoms with Gasteiger partial charge in [-0.05, 0) is 66.5 Å². The van der Waals surface area contributed by atoms with Gasteiger partial charge in [0.25, 0.3) is 0 Å². The van der Waals surface area contributed by atoms with E-state index in [1.54, 1.807) is 0 Å². The highest BCUT2D eigenvalue weighted by atomic mass is 28.4. The first-order chi connectivity index (χ1) is 16.8. The summed E-state index contributed by atoms with van der Waals surface area (Å²) in [5, 5.41) is 11.6. The highest BCUT2D eigenvalue weighted by Crippen LogP contribution is 2.45. The van der Waals surface area contributed by atoms with Gasteiger partial charge in [0.2, 0.25) is 0 Å². The van der Waals surface area contributed by atoms with Gasteiger partial charge in [-0.15, -0.1) is 0 Å². The molecule has 5 nitrogen and oxygen atoms in total. The maximum Gasteiger partial charge on any atom is 0.308 e. The van der Waals surface area contributed by atoms with Gasteiger partial charge in [-0.2, -0.15) is 0 Å². The molecule has 1 aliphatic heterocycles. The minimum atomic E-state index is -1.95. The van der Waals surface area contributed by atoms with E-state index in [1.165, 1.54) is 5.57 Å². The molecule has 7 atom stereocenters. The zero-order chi connectivity index (χ0) is 28.0. The Labute approximate surface area is 228 Å². The molecule has 0 aromatic heterocycles. The summed E-state index contributed by atoms with van der Waals surface area (Å²) in [5.74, 6) is 0.659. The van der Waals surface area contributed by atoms with Gasteiger partial charge in [0.15, 0.2) is 16.6 Å². The Kier molecular flexibility index (Phi) is 9.18. The van der Waals surface area contributed by atoms with Crippen LogP contribution in [-0.2, 0) is 18.4 Å². The Hall–Kier alpha value is -0.736. The highest BCUT2D eigenvalue weighted by Gasteiger charge is 2.45. The number of esters is 1. The first kappa shape index (κ1) is 30.8. The highest BCUT2D eigenvalue weighted by molar-refractivity contribution is 6.74. The molecule has 37 heavy (non-hydrogen) atoms. The third kappa shape index (κ3) is 7.27. The van der Waals surface area contributed by atoms with Crippen molar-refractivity contribution in [3.05, 3.63) is 23.8 Å². The SMILES string of the molecule is CC1C=CC2=CC(O[Si](C)(C)C(C)(C)C)CC(O)C2C1CCC1CC(O[Si](C)(C)C(C)(C)C)CC(=O)O1. The maximum absolute atomic E-state index is 12.5. The number of hydrogen-bond donors (Lipinski definition) is 1. The van der Waals surface area contributed by atoms with Crippen LogP contribution in [0.25, 0.3) is 0 Å². The summed E-state index contributed by atoms with van der Waals surface area (Å²) < 4.78 is 19.1. The van der Waals surface area contributed by atoms with Crippen LogP contribution in [0.15, 0.2) is 23.8 Å². The minimum absolute atomic E-state index is 0.0339. The van der Waals surface area contributed by atoms with E-state index < -0.39 is 22.7 Å². The summed E-state index contributed by atoms with van der Waals surface area (Å²) in [7, 11) is -3.88. The van der Waals surface area contributed by atoms with Crippen molar-refractivity contribution in [1.29, 1.82) is 0 Å². The summed E-state index contributed by atoms with van der Waals surface area (Å²) in [6.45, 7) is 24.8. The van der Waals surface area contributed by atoms with Crippen LogP contribution in [0.2, 0.25) is 36.3 Å². The van der Waals surface area contributed by atoms with Crippen molar-refractivity contribution in [2.75, 3.05) is 0 Å². The van der Waals surface area contributed by atoms with Crippen molar-refractivity contribution in [2.24, 2.45) is 17.8 Å². The fraction of sp³-hybridized carbons (Fsp3) is 0.833. The Bertz CT molecular complexity index is 879. The zero-order valence-corrected chi connectivity index (χ0v) is 27.4. The first-order valence-corrected chi connectivity index (χ1v) is 20.3. The molecule has 7 heteroatoms. The first-order valence-electron chi connectivity index (χ1n) is 14.4. The Morgan fingerprint density at radius 3 is 2.16 bits per heavy atom. The Morgan fingerprint density at radius 1 is 0.973 bits per heavy atom. The van der Waals surface area contributed by atoms with Crippen LogP contribution in [0.3, 0.4) is 0 Å². The van der Waals surface area contributed by atoms with Gasteiger partial charge in [0, 0.05) is 18.8 Å². The van der Waals surface area contributed by atoms with Gasteiger partial charge in [-0.3, -0.25) is 4.79 Å². The normalized spacial score (nSPS) is 33.6. The summed E-state index contributed by atoms with van der Waals surface area (Å²) in [4.78, 5) is 12.5. The quantitative estimate of drug-likeness (QED) is 0.265. The van der Waals surface area contributed by atoms with Gasteiger partial charge in [-0.25, -0.2) is 0 Å². The van der Waals surface area contributed by atoms with Gasteiger partial charge < -0.3 is 18.7 Å². The van der Waals surface area contributed by atoms with E-state index in [0.717, 1.165) is 19.3 Å². The standard InChI is InChI=1S/C30H54O5Si2/c1-20-12-13-21-16-23(34-36(8,9)29(2,3)4)18-26(31)28(21)25(20)15-14-22-17-24(19-27(32)33-22)35-37(10,11)30(5,6)7/h12-13,16,20,22-26,28,31H,14-15,17-19H2,1-11H3. The number of ether oxygens (including phenoxy) is 1. The van der Waals surface area contributed by atoms with E-state index in [9.17, 15) is 9.90 Å². The molecule has 212 valence electrons. The fourth-order valence-electron chi connectivity index (χ4n) is 5.60. The maximum atomic E-state index is 12.5. The molecular formula is C30H54O5Si2. The van der Waals surface area contributed by atoms with Crippen molar-refractivity contribution in [2.45, 2.75) is 141 Å². The van der Waals surface area contributed by atoms with Crippen LogP contribution in [0.1, 0.15) is 80.6 Å². The van der Waals surface area contributed by atoms with Crippen molar-refractivity contribution >= 4 is 22.6 Å². The largest absolute Gasteiger partial charge is 0.462 e. The monoisotopic (exact) mass is 550 g/mol. The number of carbonyl (C=O) groups is 1. The third-order valence-electron chi connectivity index (χ3n) is 9.94. The van der Waals surface area contributed by atoms with E-state index in [2.05, 4.69) is 92.9 Å². The number of allylic oxidation sites excluding steroid dienone is 2. The van der Waals surface area contributed by atoms with Crippen molar-refractivity contribution in [3.8, 4) is 0 Å². The molecule has 1 N–H and O–H groups in total. The van der Waals surface area contributed by atoms with Gasteiger partial charge >= 0.3 is 5.97 Å². The lowest BCUT2D eigenvalue weighted by atomic mass is 9.66. The second kappa shape index (κ2) is 11.0. The predicted octanol–water partition coefficient (Wildman–Crippen LogP) is 7.38. The van der Waals surface area contributed by atoms with Gasteiger partial charge in [-0.1, -0.05) is 66.7 Å². The van der Waals surface area contributed by atoms with Crippen LogP contribution in [-0.4, -0.2) is 52.1 Å². The molecule has 7 unspecified atom stereocenters. The van der Waals surface area contributed by atoms with Gasteiger partial charge in [0.1, 0.15) is 6.10 Å². The van der Waals surface area contributed by atoms with Crippen LogP contribution >= 0.6 is 0 Å². The molecule has 1 fully saturated rings. The number of aliphatic hydroxyl groups excluding tert-OH is 1. The second-order valence-electron chi connectivity index (χ2n) is 14.9. The van der Waals surface area contributed by atoms with Crippen molar-refractivity contribution in [3.63, 3.8) is 0 Å². The van der Waals surface area contributed by atoms with Crippen molar-refractivity contribution in [1.82, 2.24) is 0 Å². The topological polar surface area (TPSA) is 65.0 Å². The smallest absolute Gasteiger partial charge is 0.308 e. The average Bonchev–Trinajstić information content (AvgIpc) is 2.70. The molecule has 0 bridgehead atoms. The van der Waals surface area contributed by atoms with Crippen LogP contribution in [0.4, 0.5) is 0 Å². The molecular weight excluding hydrogens is 496 g/mol. The summed E-state index contributed by atoms with van der Waals surface area (Å²) in [6.07, 6.45) is 9.65. The Morgan fingerprint density at radius 2 is 1.57 bits per heavy atom. The van der Waals surface area contributed by atoms with Crippen LogP contribution < -0.4 is 0 Å². The van der Waals surface area contributed by atoms with E-state index in [4.69, 9.17) is 13.6 Å². The molecule has 1 heterocycles. The lowest BCUT2D eigenvalue weighted by molar-refractivity contribution is -0.160. The lowest BCUT2D eigenvalue weighted by Crippen LogP contribution is -2.48. The third-order valence-corrected chi connectivity index (χ3v) is 19.0. The van der Waals surface area contributed by atoms with E-state index in [-0.39, 0.29) is 40.3 Å². The minimum Gasteiger partial charge on any atom is -0.462 e. The lowest BCUT2D eigenvalue weighted by Gasteiger charge is -2.45. The predicted molar refractivity (Wildman–Crippen MR) is 156 cm³/mol. The molecule has 0 aromatic carbocycles. The summed E-state index contributed by atoms with van der Waals surface area (Å²) in [5.41, 5.74) is 1.21. The molecule has 3 aliphatic rings. The van der Waals surface area contributed by atoms with E-state index in [1.807, 2.05) is 0 Å². The number of hydrogen-bond acceptors (Lipinski definition) is 5. The average molecular weight is 551 g/mol.